The van der Waals surface area contributed by atoms with Crippen molar-refractivity contribution in [2.24, 2.45) is 5.92 Å². The summed E-state index contributed by atoms with van der Waals surface area (Å²) in [4.78, 5) is 61.1. The minimum atomic E-state index is -3.26. The van der Waals surface area contributed by atoms with Crippen LogP contribution in [0.25, 0.3) is 44.8 Å². The number of alkyl halides is 2. The van der Waals surface area contributed by atoms with E-state index in [1.165, 1.54) is 6.07 Å². The first-order chi connectivity index (χ1) is 31.4. The van der Waals surface area contributed by atoms with Gasteiger partial charge in [-0.2, -0.15) is 8.78 Å². The third-order valence-corrected chi connectivity index (χ3v) is 13.5. The third kappa shape index (κ3) is 8.09. The Hall–Kier alpha value is -6.67. The Labute approximate surface area is 377 Å². The van der Waals surface area contributed by atoms with E-state index in [9.17, 15) is 19.5 Å². The highest BCUT2D eigenvalue weighted by molar-refractivity contribution is 5.87. The number of rotatable bonds is 13. The Morgan fingerprint density at radius 1 is 0.738 bits per heavy atom. The van der Waals surface area contributed by atoms with Gasteiger partial charge in [0.2, 0.25) is 11.8 Å². The van der Waals surface area contributed by atoms with E-state index in [-0.39, 0.29) is 40.9 Å². The van der Waals surface area contributed by atoms with Crippen molar-refractivity contribution >= 4 is 17.9 Å². The summed E-state index contributed by atoms with van der Waals surface area (Å²) in [7, 11) is 0. The number of fused-ring (bicyclic) bond motifs is 3. The second-order valence-electron chi connectivity index (χ2n) is 17.6. The molecule has 2 aromatic heterocycles. The number of hydrogen-bond acceptors (Lipinski definition) is 6. The maximum absolute atomic E-state index is 16.5. The summed E-state index contributed by atoms with van der Waals surface area (Å²) in [6, 6.07) is 26.1. The van der Waals surface area contributed by atoms with E-state index in [1.807, 2.05) is 65.6 Å². The number of amides is 3. The second kappa shape index (κ2) is 17.7. The minimum Gasteiger partial charge on any atom is -0.465 e. The van der Waals surface area contributed by atoms with Crippen LogP contribution in [0.4, 0.5) is 13.6 Å². The van der Waals surface area contributed by atoms with Gasteiger partial charge in [0.05, 0.1) is 35.9 Å². The molecule has 336 valence electrons. The van der Waals surface area contributed by atoms with Gasteiger partial charge in [0.25, 0.3) is 5.92 Å². The number of nitrogens with zero attached hydrogens (tertiary/aromatic N) is 5. The second-order valence-corrected chi connectivity index (χ2v) is 17.6. The van der Waals surface area contributed by atoms with E-state index in [0.29, 0.717) is 53.3 Å². The van der Waals surface area contributed by atoms with Gasteiger partial charge in [0, 0.05) is 29.8 Å². The van der Waals surface area contributed by atoms with E-state index < -0.39 is 24.1 Å². The van der Waals surface area contributed by atoms with Gasteiger partial charge in [-0.3, -0.25) is 14.5 Å². The Bertz CT molecular complexity index is 2710. The zero-order valence-electron chi connectivity index (χ0n) is 37.0. The van der Waals surface area contributed by atoms with Crippen LogP contribution >= 0.6 is 0 Å². The van der Waals surface area contributed by atoms with Gasteiger partial charge in [-0.25, -0.2) is 14.8 Å². The Balaban J connectivity index is 0.904. The number of carbonyl (C=O) groups is 3. The molecule has 0 radical (unpaired) electrons. The summed E-state index contributed by atoms with van der Waals surface area (Å²) < 4.78 is 33.0. The molecule has 2 saturated heterocycles. The quantitative estimate of drug-likeness (QED) is 0.0902. The molecule has 0 bridgehead atoms. The van der Waals surface area contributed by atoms with Crippen molar-refractivity contribution < 1.29 is 28.3 Å². The van der Waals surface area contributed by atoms with Crippen LogP contribution in [0.15, 0.2) is 103 Å². The van der Waals surface area contributed by atoms with Crippen molar-refractivity contribution in [1.82, 2.24) is 40.0 Å². The topological polar surface area (TPSA) is 151 Å². The van der Waals surface area contributed by atoms with E-state index in [0.717, 1.165) is 60.6 Å². The standard InChI is InChI=1S/C51H54F2N8O4/c1-5-59(6-2)45(33-12-8-7-9-13-33)49(63)61-25-11-15-43(61)47-54-28-40(56-47)32-18-16-31(17-19-32)34-20-22-36-37-23-21-35(27-39(37)51(52,53)38(36)26-34)41-29-55-46(57-41)42-14-10-24-60(42)48(62)44(30(3)4)58-50(64)65/h7-9,12-13,16-23,26-30,42-45,58H,5-6,10-11,14-15,24-25H2,1-4H3,(H,54,56)(H,55,57)(H,64,65)/t42-,43-,44-,45?/m0/s1. The molecule has 12 nitrogen and oxygen atoms in total. The van der Waals surface area contributed by atoms with E-state index in [1.54, 1.807) is 55.4 Å². The van der Waals surface area contributed by atoms with Crippen molar-refractivity contribution in [1.29, 1.82) is 0 Å². The molecule has 6 aromatic rings. The number of imidazole rings is 2. The molecule has 4 aromatic carbocycles. The maximum atomic E-state index is 16.5. The number of aromatic nitrogens is 4. The van der Waals surface area contributed by atoms with Gasteiger partial charge in [-0.15, -0.1) is 0 Å². The lowest BCUT2D eigenvalue weighted by molar-refractivity contribution is -0.138. The summed E-state index contributed by atoms with van der Waals surface area (Å²) in [5.74, 6) is -2.47. The first-order valence-electron chi connectivity index (χ1n) is 22.7. The zero-order chi connectivity index (χ0) is 45.6. The van der Waals surface area contributed by atoms with E-state index >= 15 is 8.78 Å². The smallest absolute Gasteiger partial charge is 0.405 e. The zero-order valence-corrected chi connectivity index (χ0v) is 37.0. The van der Waals surface area contributed by atoms with Crippen LogP contribution in [0.3, 0.4) is 0 Å². The van der Waals surface area contributed by atoms with Crippen LogP contribution < -0.4 is 5.32 Å². The van der Waals surface area contributed by atoms with Crippen LogP contribution in [0.5, 0.6) is 0 Å². The molecule has 14 heteroatoms. The molecule has 3 amide bonds. The number of carboxylic acid groups (broad SMARTS) is 1. The molecule has 0 saturated carbocycles. The highest BCUT2D eigenvalue weighted by atomic mass is 19.3. The van der Waals surface area contributed by atoms with Crippen LogP contribution in [0.1, 0.15) is 99.8 Å². The molecule has 9 rings (SSSR count). The lowest BCUT2D eigenvalue weighted by atomic mass is 9.97. The Morgan fingerprint density at radius 2 is 1.25 bits per heavy atom. The van der Waals surface area contributed by atoms with Crippen LogP contribution in [0.2, 0.25) is 0 Å². The molecule has 4 heterocycles. The number of halogens is 2. The molecule has 2 aliphatic heterocycles. The lowest BCUT2D eigenvalue weighted by Gasteiger charge is -2.34. The number of carbonyl (C=O) groups excluding carboxylic acids is 2. The van der Waals surface area contributed by atoms with E-state index in [4.69, 9.17) is 4.98 Å². The lowest BCUT2D eigenvalue weighted by Crippen LogP contribution is -2.50. The summed E-state index contributed by atoms with van der Waals surface area (Å²) in [6.45, 7) is 10.4. The number of benzene rings is 4. The molecule has 4 N–H and O–H groups in total. The van der Waals surface area contributed by atoms with Crippen molar-refractivity contribution in [3.63, 3.8) is 0 Å². The first-order valence-corrected chi connectivity index (χ1v) is 22.7. The maximum Gasteiger partial charge on any atom is 0.405 e. The largest absolute Gasteiger partial charge is 0.465 e. The Morgan fingerprint density at radius 3 is 1.80 bits per heavy atom. The van der Waals surface area contributed by atoms with Gasteiger partial charge < -0.3 is 30.2 Å². The molecule has 2 fully saturated rings. The van der Waals surface area contributed by atoms with Crippen LogP contribution in [-0.2, 0) is 15.5 Å². The van der Waals surface area contributed by atoms with Crippen LogP contribution in [-0.4, -0.2) is 89.9 Å². The first kappa shape index (κ1) is 43.6. The normalized spacial score (nSPS) is 18.5. The average molecular weight is 881 g/mol. The number of aromatic amines is 2. The SMILES string of the molecule is CCN(CC)C(C(=O)N1CCC[C@H]1c1ncc(-c2ccc(-c3ccc4c(c3)C(F)(F)c3cc(-c5cnc([C@@H]6CCCN6C(=O)[C@@H](NC(=O)O)C(C)C)[nH]5)ccc3-4)cc2)[nH]1)c1ccccc1. The van der Waals surface area contributed by atoms with Crippen molar-refractivity contribution in [2.45, 2.75) is 83.5 Å². The van der Waals surface area contributed by atoms with Gasteiger partial charge in [-0.05, 0) is 90.2 Å². The third-order valence-electron chi connectivity index (χ3n) is 13.5. The monoisotopic (exact) mass is 880 g/mol. The summed E-state index contributed by atoms with van der Waals surface area (Å²) >= 11 is 0. The molecule has 0 spiro atoms. The number of likely N-dealkylation sites (N-methyl/N-ethyl adjacent to an activating group) is 1. The van der Waals surface area contributed by atoms with Crippen molar-refractivity contribution in [2.75, 3.05) is 26.2 Å². The number of hydrogen-bond donors (Lipinski definition) is 4. The van der Waals surface area contributed by atoms with Gasteiger partial charge >= 0.3 is 6.09 Å². The minimum absolute atomic E-state index is 0.0596. The number of nitrogens with one attached hydrogen (secondary N) is 3. The van der Waals surface area contributed by atoms with Gasteiger partial charge in [-0.1, -0.05) is 107 Å². The molecular formula is C51H54F2N8O4. The summed E-state index contributed by atoms with van der Waals surface area (Å²) in [6.07, 6.45) is 5.20. The van der Waals surface area contributed by atoms with Gasteiger partial charge in [0.15, 0.2) is 0 Å². The van der Waals surface area contributed by atoms with Gasteiger partial charge in [0.1, 0.15) is 23.7 Å². The number of likely N-dealkylation sites (tertiary alicyclic amines) is 2. The molecule has 4 atom stereocenters. The fourth-order valence-electron chi connectivity index (χ4n) is 10.1. The molecular weight excluding hydrogens is 827 g/mol. The molecule has 1 unspecified atom stereocenters. The molecule has 65 heavy (non-hydrogen) atoms. The van der Waals surface area contributed by atoms with Crippen molar-refractivity contribution in [3.8, 4) is 44.8 Å². The summed E-state index contributed by atoms with van der Waals surface area (Å²) in [5, 5.41) is 11.7. The highest BCUT2D eigenvalue weighted by Crippen LogP contribution is 2.53. The van der Waals surface area contributed by atoms with Crippen molar-refractivity contribution in [3.05, 3.63) is 132 Å². The van der Waals surface area contributed by atoms with E-state index in [2.05, 4.69) is 39.0 Å². The number of H-pyrrole nitrogens is 2. The average Bonchev–Trinajstić information content (AvgIpc) is 4.18. The van der Waals surface area contributed by atoms with Crippen LogP contribution in [0, 0.1) is 5.92 Å². The predicted molar refractivity (Wildman–Crippen MR) is 245 cm³/mol. The molecule has 3 aliphatic rings. The highest BCUT2D eigenvalue weighted by Gasteiger charge is 2.45. The predicted octanol–water partition coefficient (Wildman–Crippen LogP) is 9.96. The molecule has 1 aliphatic carbocycles. The fraction of sp³-hybridized carbons (Fsp3) is 0.353. The summed E-state index contributed by atoms with van der Waals surface area (Å²) in [5.41, 5.74) is 6.04. The fourth-order valence-corrected chi connectivity index (χ4v) is 10.1. The Kier molecular flexibility index (Phi) is 11.9.